The van der Waals surface area contributed by atoms with Crippen molar-refractivity contribution in [1.82, 2.24) is 5.32 Å². The first kappa shape index (κ1) is 13.5. The number of amides is 1. The Bertz CT molecular complexity index is 360. The largest absolute Gasteiger partial charge is 0.348 e. The van der Waals surface area contributed by atoms with Gasteiger partial charge in [-0.1, -0.05) is 36.4 Å². The molecule has 1 aromatic carbocycles. The molecular weight excluding hydrogens is 212 g/mol. The molecule has 0 aliphatic rings. The SMILES string of the molecule is C=CCCC(NC(=O)C(C)N)c1ccccc1. The van der Waals surface area contributed by atoms with Crippen molar-refractivity contribution < 1.29 is 4.79 Å². The summed E-state index contributed by atoms with van der Waals surface area (Å²) < 4.78 is 0. The molecule has 0 aromatic heterocycles. The van der Waals surface area contributed by atoms with Crippen molar-refractivity contribution in [2.24, 2.45) is 5.73 Å². The van der Waals surface area contributed by atoms with Crippen molar-refractivity contribution in [2.75, 3.05) is 0 Å². The van der Waals surface area contributed by atoms with Gasteiger partial charge >= 0.3 is 0 Å². The Morgan fingerprint density at radius 1 is 1.47 bits per heavy atom. The molecule has 0 saturated carbocycles. The molecule has 3 nitrogen and oxygen atoms in total. The van der Waals surface area contributed by atoms with E-state index < -0.39 is 6.04 Å². The molecule has 2 unspecified atom stereocenters. The van der Waals surface area contributed by atoms with E-state index in [2.05, 4.69) is 11.9 Å². The van der Waals surface area contributed by atoms with Crippen LogP contribution in [0.1, 0.15) is 31.4 Å². The lowest BCUT2D eigenvalue weighted by atomic mass is 10.0. The summed E-state index contributed by atoms with van der Waals surface area (Å²) in [5.74, 6) is -0.122. The minimum absolute atomic E-state index is 0.00713. The smallest absolute Gasteiger partial charge is 0.237 e. The molecule has 0 aliphatic heterocycles. The molecule has 92 valence electrons. The standard InChI is InChI=1S/C14H20N2O/c1-3-4-10-13(16-14(17)11(2)15)12-8-6-5-7-9-12/h3,5-9,11,13H,1,4,10,15H2,2H3,(H,16,17). The summed E-state index contributed by atoms with van der Waals surface area (Å²) in [6, 6.07) is 9.44. The predicted octanol–water partition coefficient (Wildman–Crippen LogP) is 2.16. The molecule has 0 bridgehead atoms. The summed E-state index contributed by atoms with van der Waals surface area (Å²) in [5.41, 5.74) is 6.66. The number of allylic oxidation sites excluding steroid dienone is 1. The molecular formula is C14H20N2O. The lowest BCUT2D eigenvalue weighted by Crippen LogP contribution is -2.40. The van der Waals surface area contributed by atoms with Crippen molar-refractivity contribution in [1.29, 1.82) is 0 Å². The third-order valence-corrected chi connectivity index (χ3v) is 2.59. The van der Waals surface area contributed by atoms with E-state index in [-0.39, 0.29) is 11.9 Å². The van der Waals surface area contributed by atoms with E-state index in [0.717, 1.165) is 18.4 Å². The van der Waals surface area contributed by atoms with Crippen molar-refractivity contribution in [3.63, 3.8) is 0 Å². The summed E-state index contributed by atoms with van der Waals surface area (Å²) in [4.78, 5) is 11.6. The number of carbonyl (C=O) groups is 1. The normalized spacial score (nSPS) is 13.8. The van der Waals surface area contributed by atoms with Crippen LogP contribution in [-0.2, 0) is 4.79 Å². The second-order valence-corrected chi connectivity index (χ2v) is 4.13. The minimum atomic E-state index is -0.482. The fourth-order valence-electron chi connectivity index (χ4n) is 1.60. The number of nitrogens with two attached hydrogens (primary N) is 1. The molecule has 1 aromatic rings. The van der Waals surface area contributed by atoms with Gasteiger partial charge in [-0.2, -0.15) is 0 Å². The Balaban J connectivity index is 2.73. The molecule has 0 spiro atoms. The van der Waals surface area contributed by atoms with Crippen LogP contribution in [0, 0.1) is 0 Å². The zero-order valence-electron chi connectivity index (χ0n) is 10.2. The van der Waals surface area contributed by atoms with Gasteiger partial charge in [0.05, 0.1) is 12.1 Å². The Labute approximate surface area is 103 Å². The molecule has 1 amide bonds. The first-order valence-electron chi connectivity index (χ1n) is 5.87. The van der Waals surface area contributed by atoms with E-state index >= 15 is 0 Å². The molecule has 2 atom stereocenters. The van der Waals surface area contributed by atoms with Crippen molar-refractivity contribution in [3.05, 3.63) is 48.6 Å². The van der Waals surface area contributed by atoms with Gasteiger partial charge in [0.2, 0.25) is 5.91 Å². The van der Waals surface area contributed by atoms with Crippen LogP contribution < -0.4 is 11.1 Å². The highest BCUT2D eigenvalue weighted by atomic mass is 16.2. The highest BCUT2D eigenvalue weighted by Gasteiger charge is 2.15. The van der Waals surface area contributed by atoms with E-state index in [1.54, 1.807) is 6.92 Å². The summed E-state index contributed by atoms with van der Waals surface area (Å²) in [7, 11) is 0. The van der Waals surface area contributed by atoms with Crippen LogP contribution in [-0.4, -0.2) is 11.9 Å². The quantitative estimate of drug-likeness (QED) is 0.738. The lowest BCUT2D eigenvalue weighted by molar-refractivity contribution is -0.122. The Kier molecular flexibility index (Phi) is 5.43. The third kappa shape index (κ3) is 4.41. The van der Waals surface area contributed by atoms with Crippen molar-refractivity contribution in [2.45, 2.75) is 31.8 Å². The topological polar surface area (TPSA) is 55.1 Å². The number of hydrogen-bond acceptors (Lipinski definition) is 2. The van der Waals surface area contributed by atoms with Crippen LogP contribution in [0.2, 0.25) is 0 Å². The summed E-state index contributed by atoms with van der Waals surface area (Å²) in [5, 5.41) is 2.96. The maximum atomic E-state index is 11.6. The fourth-order valence-corrected chi connectivity index (χ4v) is 1.60. The molecule has 3 N–H and O–H groups in total. The monoisotopic (exact) mass is 232 g/mol. The number of hydrogen-bond donors (Lipinski definition) is 2. The van der Waals surface area contributed by atoms with Gasteiger partial charge in [0.25, 0.3) is 0 Å². The van der Waals surface area contributed by atoms with E-state index in [1.165, 1.54) is 0 Å². The number of nitrogens with one attached hydrogen (secondary N) is 1. The molecule has 0 fully saturated rings. The molecule has 0 saturated heterocycles. The Morgan fingerprint density at radius 3 is 2.65 bits per heavy atom. The van der Waals surface area contributed by atoms with Gasteiger partial charge in [-0.3, -0.25) is 4.79 Å². The summed E-state index contributed by atoms with van der Waals surface area (Å²) in [6.45, 7) is 5.39. The highest BCUT2D eigenvalue weighted by Crippen LogP contribution is 2.18. The molecule has 17 heavy (non-hydrogen) atoms. The van der Waals surface area contributed by atoms with Gasteiger partial charge in [0, 0.05) is 0 Å². The number of benzene rings is 1. The summed E-state index contributed by atoms with van der Waals surface area (Å²) >= 11 is 0. The van der Waals surface area contributed by atoms with Crippen molar-refractivity contribution >= 4 is 5.91 Å². The molecule has 3 heteroatoms. The highest BCUT2D eigenvalue weighted by molar-refractivity contribution is 5.81. The van der Waals surface area contributed by atoms with Gasteiger partial charge in [-0.05, 0) is 25.3 Å². The third-order valence-electron chi connectivity index (χ3n) is 2.59. The molecule has 0 heterocycles. The number of rotatable bonds is 6. The van der Waals surface area contributed by atoms with Gasteiger partial charge in [0.1, 0.15) is 0 Å². The van der Waals surface area contributed by atoms with Gasteiger partial charge in [-0.25, -0.2) is 0 Å². The van der Waals surface area contributed by atoms with Crippen LogP contribution in [0.4, 0.5) is 0 Å². The van der Waals surface area contributed by atoms with Crippen LogP contribution in [0.3, 0.4) is 0 Å². The first-order valence-corrected chi connectivity index (χ1v) is 5.87. The maximum Gasteiger partial charge on any atom is 0.237 e. The van der Waals surface area contributed by atoms with E-state index in [0.29, 0.717) is 0 Å². The zero-order valence-corrected chi connectivity index (χ0v) is 10.2. The first-order chi connectivity index (χ1) is 8.15. The lowest BCUT2D eigenvalue weighted by Gasteiger charge is -2.19. The Hall–Kier alpha value is -1.61. The molecule has 0 radical (unpaired) electrons. The predicted molar refractivity (Wildman–Crippen MR) is 70.4 cm³/mol. The van der Waals surface area contributed by atoms with Crippen molar-refractivity contribution in [3.8, 4) is 0 Å². The Morgan fingerprint density at radius 2 is 2.12 bits per heavy atom. The second kappa shape index (κ2) is 6.86. The van der Waals surface area contributed by atoms with Crippen LogP contribution >= 0.6 is 0 Å². The molecule has 1 rings (SSSR count). The number of carbonyl (C=O) groups excluding carboxylic acids is 1. The van der Waals surface area contributed by atoms with E-state index in [4.69, 9.17) is 5.73 Å². The average Bonchev–Trinajstić information content (AvgIpc) is 2.35. The van der Waals surface area contributed by atoms with Gasteiger partial charge in [0.15, 0.2) is 0 Å². The minimum Gasteiger partial charge on any atom is -0.348 e. The van der Waals surface area contributed by atoms with Gasteiger partial charge in [-0.15, -0.1) is 6.58 Å². The van der Waals surface area contributed by atoms with E-state index in [1.807, 2.05) is 36.4 Å². The van der Waals surface area contributed by atoms with Gasteiger partial charge < -0.3 is 11.1 Å². The fraction of sp³-hybridized carbons (Fsp3) is 0.357. The second-order valence-electron chi connectivity index (χ2n) is 4.13. The van der Waals surface area contributed by atoms with Crippen LogP contribution in [0.5, 0.6) is 0 Å². The maximum absolute atomic E-state index is 11.6. The average molecular weight is 232 g/mol. The molecule has 0 aliphatic carbocycles. The zero-order chi connectivity index (χ0) is 12.7. The van der Waals surface area contributed by atoms with Crippen LogP contribution in [0.15, 0.2) is 43.0 Å². The summed E-state index contributed by atoms with van der Waals surface area (Å²) in [6.07, 6.45) is 3.55. The van der Waals surface area contributed by atoms with Crippen LogP contribution in [0.25, 0.3) is 0 Å². The van der Waals surface area contributed by atoms with E-state index in [9.17, 15) is 4.79 Å².